The van der Waals surface area contributed by atoms with Crippen molar-refractivity contribution < 1.29 is 9.21 Å². The molecule has 5 nitrogen and oxygen atoms in total. The molecule has 0 saturated heterocycles. The van der Waals surface area contributed by atoms with Gasteiger partial charge in [0.2, 0.25) is 0 Å². The monoisotopic (exact) mass is 369 g/mol. The molecule has 2 aromatic carbocycles. The summed E-state index contributed by atoms with van der Waals surface area (Å²) in [6.07, 6.45) is 0. The predicted molar refractivity (Wildman–Crippen MR) is 92.7 cm³/mol. The van der Waals surface area contributed by atoms with Crippen LogP contribution in [0.4, 0.5) is 5.69 Å². The quantitative estimate of drug-likeness (QED) is 0.540. The first kappa shape index (κ1) is 14.0. The molecule has 23 heavy (non-hydrogen) atoms. The number of benzene rings is 2. The Morgan fingerprint density at radius 2 is 2.09 bits per heavy atom. The summed E-state index contributed by atoms with van der Waals surface area (Å²) < 4.78 is 6.52. The summed E-state index contributed by atoms with van der Waals surface area (Å²) in [5, 5.41) is 3.73. The highest BCUT2D eigenvalue weighted by Crippen LogP contribution is 2.24. The molecule has 4 aromatic rings. The van der Waals surface area contributed by atoms with Crippen molar-refractivity contribution in [3.63, 3.8) is 0 Å². The SMILES string of the molecule is Cc1nc2ccc(NC(=O)c3cc4ccc(Br)cc4o3)cc2[nH]1. The van der Waals surface area contributed by atoms with E-state index >= 15 is 0 Å². The summed E-state index contributed by atoms with van der Waals surface area (Å²) in [7, 11) is 0. The third kappa shape index (κ3) is 2.61. The van der Waals surface area contributed by atoms with E-state index in [0.717, 1.165) is 26.7 Å². The number of halogens is 1. The van der Waals surface area contributed by atoms with Gasteiger partial charge in [-0.1, -0.05) is 15.9 Å². The number of aromatic amines is 1. The lowest BCUT2D eigenvalue weighted by molar-refractivity contribution is 0.0998. The highest BCUT2D eigenvalue weighted by Gasteiger charge is 2.13. The molecule has 0 aliphatic carbocycles. The zero-order valence-corrected chi connectivity index (χ0v) is 13.8. The second-order valence-electron chi connectivity index (χ2n) is 5.30. The Balaban J connectivity index is 1.64. The molecule has 2 heterocycles. The number of aromatic nitrogens is 2. The Morgan fingerprint density at radius 3 is 2.96 bits per heavy atom. The minimum Gasteiger partial charge on any atom is -0.451 e. The van der Waals surface area contributed by atoms with Crippen LogP contribution in [0.15, 0.2) is 51.4 Å². The van der Waals surface area contributed by atoms with Gasteiger partial charge in [-0.15, -0.1) is 0 Å². The molecule has 0 atom stereocenters. The van der Waals surface area contributed by atoms with Crippen LogP contribution in [0.1, 0.15) is 16.4 Å². The molecule has 0 radical (unpaired) electrons. The fourth-order valence-electron chi connectivity index (χ4n) is 2.52. The molecule has 0 saturated carbocycles. The van der Waals surface area contributed by atoms with Gasteiger partial charge in [0.05, 0.1) is 11.0 Å². The first-order chi connectivity index (χ1) is 11.1. The number of nitrogens with zero attached hydrogens (tertiary/aromatic N) is 1. The van der Waals surface area contributed by atoms with Crippen LogP contribution in [0.2, 0.25) is 0 Å². The van der Waals surface area contributed by atoms with Gasteiger partial charge in [-0.2, -0.15) is 0 Å². The van der Waals surface area contributed by atoms with Crippen molar-refractivity contribution in [2.24, 2.45) is 0 Å². The van der Waals surface area contributed by atoms with Crippen molar-refractivity contribution >= 4 is 49.5 Å². The zero-order valence-electron chi connectivity index (χ0n) is 12.2. The molecule has 2 N–H and O–H groups in total. The van der Waals surface area contributed by atoms with Crippen molar-refractivity contribution in [1.82, 2.24) is 9.97 Å². The minimum atomic E-state index is -0.284. The second kappa shape index (κ2) is 5.24. The summed E-state index contributed by atoms with van der Waals surface area (Å²) in [6.45, 7) is 1.89. The molecule has 114 valence electrons. The maximum Gasteiger partial charge on any atom is 0.291 e. The van der Waals surface area contributed by atoms with Crippen LogP contribution in [0.25, 0.3) is 22.0 Å². The number of fused-ring (bicyclic) bond motifs is 2. The van der Waals surface area contributed by atoms with Gasteiger partial charge in [0.1, 0.15) is 11.4 Å². The standard InChI is InChI=1S/C17H12BrN3O2/c1-9-19-13-5-4-12(8-14(13)20-9)21-17(22)16-6-10-2-3-11(18)7-15(10)23-16/h2-8H,1H3,(H,19,20)(H,21,22). The summed E-state index contributed by atoms with van der Waals surface area (Å²) in [4.78, 5) is 19.9. The number of rotatable bonds is 2. The number of imidazole rings is 1. The largest absolute Gasteiger partial charge is 0.451 e. The van der Waals surface area contributed by atoms with Crippen molar-refractivity contribution in [2.75, 3.05) is 5.32 Å². The number of amides is 1. The first-order valence-corrected chi connectivity index (χ1v) is 7.84. The van der Waals surface area contributed by atoms with Crippen molar-refractivity contribution in [2.45, 2.75) is 6.92 Å². The predicted octanol–water partition coefficient (Wildman–Crippen LogP) is 4.63. The van der Waals surface area contributed by atoms with Crippen LogP contribution in [0, 0.1) is 6.92 Å². The van der Waals surface area contributed by atoms with E-state index in [-0.39, 0.29) is 11.7 Å². The molecule has 1 amide bonds. The number of carbonyl (C=O) groups is 1. The fraction of sp³-hybridized carbons (Fsp3) is 0.0588. The van der Waals surface area contributed by atoms with Gasteiger partial charge < -0.3 is 14.7 Å². The van der Waals surface area contributed by atoms with Crippen LogP contribution in [-0.2, 0) is 0 Å². The van der Waals surface area contributed by atoms with E-state index in [2.05, 4.69) is 31.2 Å². The average Bonchev–Trinajstić information content (AvgIpc) is 3.08. The number of anilines is 1. The number of carbonyl (C=O) groups excluding carboxylic acids is 1. The molecular weight excluding hydrogens is 358 g/mol. The molecule has 0 spiro atoms. The lowest BCUT2D eigenvalue weighted by Gasteiger charge is -2.02. The Bertz CT molecular complexity index is 1050. The van der Waals surface area contributed by atoms with Gasteiger partial charge in [0.15, 0.2) is 5.76 Å². The van der Waals surface area contributed by atoms with Crippen molar-refractivity contribution in [3.05, 3.63) is 58.5 Å². The summed E-state index contributed by atoms with van der Waals surface area (Å²) in [5.74, 6) is 0.832. The summed E-state index contributed by atoms with van der Waals surface area (Å²) in [6, 6.07) is 12.9. The van der Waals surface area contributed by atoms with Gasteiger partial charge >= 0.3 is 0 Å². The van der Waals surface area contributed by atoms with Crippen molar-refractivity contribution in [3.8, 4) is 0 Å². The van der Waals surface area contributed by atoms with Crippen LogP contribution in [0.3, 0.4) is 0 Å². The molecule has 0 aliphatic rings. The number of furan rings is 1. The van der Waals surface area contributed by atoms with Crippen LogP contribution < -0.4 is 5.32 Å². The Labute approximate surface area is 139 Å². The number of aryl methyl sites for hydroxylation is 1. The van der Waals surface area contributed by atoms with Gasteiger partial charge in [-0.3, -0.25) is 4.79 Å². The molecule has 0 bridgehead atoms. The zero-order chi connectivity index (χ0) is 16.0. The van der Waals surface area contributed by atoms with E-state index in [4.69, 9.17) is 4.42 Å². The maximum absolute atomic E-state index is 12.4. The molecule has 0 aliphatic heterocycles. The highest BCUT2D eigenvalue weighted by atomic mass is 79.9. The second-order valence-corrected chi connectivity index (χ2v) is 6.22. The Hall–Kier alpha value is -2.60. The molecular formula is C17H12BrN3O2. The lowest BCUT2D eigenvalue weighted by atomic mass is 10.2. The van der Waals surface area contributed by atoms with E-state index in [1.54, 1.807) is 6.07 Å². The Kier molecular flexibility index (Phi) is 3.20. The van der Waals surface area contributed by atoms with Crippen molar-refractivity contribution in [1.29, 1.82) is 0 Å². The van der Waals surface area contributed by atoms with E-state index < -0.39 is 0 Å². The van der Waals surface area contributed by atoms with E-state index in [0.29, 0.717) is 11.3 Å². The van der Waals surface area contributed by atoms with Gasteiger partial charge in [-0.25, -0.2) is 4.98 Å². The summed E-state index contributed by atoms with van der Waals surface area (Å²) in [5.41, 5.74) is 3.11. The Morgan fingerprint density at radius 1 is 1.22 bits per heavy atom. The number of hydrogen-bond acceptors (Lipinski definition) is 3. The molecule has 4 rings (SSSR count). The number of hydrogen-bond donors (Lipinski definition) is 2. The molecule has 6 heteroatoms. The average molecular weight is 370 g/mol. The van der Waals surface area contributed by atoms with Gasteiger partial charge in [0.25, 0.3) is 5.91 Å². The molecule has 2 aromatic heterocycles. The molecule has 0 fully saturated rings. The van der Waals surface area contributed by atoms with E-state index in [9.17, 15) is 4.79 Å². The lowest BCUT2D eigenvalue weighted by Crippen LogP contribution is -2.10. The summed E-state index contributed by atoms with van der Waals surface area (Å²) >= 11 is 3.39. The van der Waals surface area contributed by atoms with Gasteiger partial charge in [-0.05, 0) is 49.4 Å². The highest BCUT2D eigenvalue weighted by molar-refractivity contribution is 9.10. The normalized spacial score (nSPS) is 11.2. The minimum absolute atomic E-state index is 0.277. The number of nitrogens with one attached hydrogen (secondary N) is 2. The smallest absolute Gasteiger partial charge is 0.291 e. The van der Waals surface area contributed by atoms with Crippen LogP contribution >= 0.6 is 15.9 Å². The topological polar surface area (TPSA) is 70.9 Å². The first-order valence-electron chi connectivity index (χ1n) is 7.05. The number of H-pyrrole nitrogens is 1. The third-order valence-corrected chi connectivity index (χ3v) is 4.06. The molecule has 0 unspecified atom stereocenters. The van der Waals surface area contributed by atoms with Crippen LogP contribution in [-0.4, -0.2) is 15.9 Å². The van der Waals surface area contributed by atoms with E-state index in [1.165, 1.54) is 0 Å². The van der Waals surface area contributed by atoms with Crippen LogP contribution in [0.5, 0.6) is 0 Å². The van der Waals surface area contributed by atoms with Gasteiger partial charge in [0, 0.05) is 15.5 Å². The fourth-order valence-corrected chi connectivity index (χ4v) is 2.86. The maximum atomic E-state index is 12.4. The van der Waals surface area contributed by atoms with E-state index in [1.807, 2.05) is 43.3 Å². The third-order valence-electron chi connectivity index (χ3n) is 3.56.